The Balaban J connectivity index is 2.02. The second-order valence-electron chi connectivity index (χ2n) is 10.4. The van der Waals surface area contributed by atoms with Crippen LogP contribution in [0.25, 0.3) is 11.1 Å². The molecule has 0 radical (unpaired) electrons. The molecule has 0 spiro atoms. The van der Waals surface area contributed by atoms with E-state index in [0.29, 0.717) is 11.1 Å². The van der Waals surface area contributed by atoms with Gasteiger partial charge in [0, 0.05) is 18.8 Å². The van der Waals surface area contributed by atoms with Crippen LogP contribution in [0.3, 0.4) is 0 Å². The molecule has 2 amide bonds. The Labute approximate surface area is 235 Å². The van der Waals surface area contributed by atoms with Gasteiger partial charge in [-0.3, -0.25) is 19.2 Å². The summed E-state index contributed by atoms with van der Waals surface area (Å²) in [7, 11) is 1.46. The topological polar surface area (TPSA) is 118 Å². The number of carboxylic acid groups (broad SMARTS) is 1. The first kappa shape index (κ1) is 31.1. The van der Waals surface area contributed by atoms with Crippen LogP contribution in [0.5, 0.6) is 0 Å². The molecular formula is C30H32F3N3O5. The van der Waals surface area contributed by atoms with Gasteiger partial charge in [-0.2, -0.15) is 0 Å². The van der Waals surface area contributed by atoms with Gasteiger partial charge in [-0.15, -0.1) is 0 Å². The molecule has 0 aliphatic carbocycles. The number of aromatic nitrogens is 1. The van der Waals surface area contributed by atoms with Crippen LogP contribution in [-0.4, -0.2) is 33.5 Å². The first-order valence-electron chi connectivity index (χ1n) is 12.9. The minimum Gasteiger partial charge on any atom is -0.481 e. The first-order valence-corrected chi connectivity index (χ1v) is 12.9. The van der Waals surface area contributed by atoms with Gasteiger partial charge in [0.05, 0.1) is 12.5 Å². The highest BCUT2D eigenvalue weighted by molar-refractivity contribution is 5.97. The smallest absolute Gasteiger partial charge is 0.305 e. The highest BCUT2D eigenvalue weighted by atomic mass is 19.2. The van der Waals surface area contributed by atoms with E-state index in [1.807, 2.05) is 0 Å². The van der Waals surface area contributed by atoms with Gasteiger partial charge in [0.25, 0.3) is 11.5 Å². The number of amides is 2. The lowest BCUT2D eigenvalue weighted by Gasteiger charge is -2.25. The number of hydrogen-bond donors (Lipinski definition) is 3. The Hall–Kier alpha value is -4.41. The van der Waals surface area contributed by atoms with Crippen LogP contribution in [0.15, 0.2) is 47.4 Å². The molecule has 3 rings (SSSR count). The summed E-state index contributed by atoms with van der Waals surface area (Å²) in [5, 5.41) is 14.5. The van der Waals surface area contributed by atoms with E-state index < -0.39 is 64.9 Å². The van der Waals surface area contributed by atoms with Gasteiger partial charge in [-0.1, -0.05) is 19.9 Å². The number of halogens is 3. The van der Waals surface area contributed by atoms with E-state index in [9.17, 15) is 33.1 Å². The van der Waals surface area contributed by atoms with Crippen molar-refractivity contribution < 1.29 is 32.7 Å². The van der Waals surface area contributed by atoms with Crippen LogP contribution in [0.4, 0.5) is 13.2 Å². The van der Waals surface area contributed by atoms with Crippen molar-refractivity contribution in [1.82, 2.24) is 15.2 Å². The van der Waals surface area contributed by atoms with E-state index in [0.717, 1.165) is 6.07 Å². The SMILES string of the molecule is Cc1ccc(F)c(C)c1-c1cc(F)c(F)c([C@H](CC(=O)O)NC(=O)[C@H](CC(C)C)NC(=O)c2cccn(C)c2=O)c1. The van der Waals surface area contributed by atoms with Gasteiger partial charge in [0.15, 0.2) is 11.6 Å². The summed E-state index contributed by atoms with van der Waals surface area (Å²) >= 11 is 0. The van der Waals surface area contributed by atoms with Gasteiger partial charge >= 0.3 is 5.97 Å². The molecule has 0 unspecified atom stereocenters. The highest BCUT2D eigenvalue weighted by Gasteiger charge is 2.30. The van der Waals surface area contributed by atoms with Crippen molar-refractivity contribution in [2.24, 2.45) is 13.0 Å². The Bertz CT molecular complexity index is 1550. The minimum absolute atomic E-state index is 0.100. The van der Waals surface area contributed by atoms with Gasteiger partial charge in [0.2, 0.25) is 5.91 Å². The molecule has 0 saturated heterocycles. The van der Waals surface area contributed by atoms with E-state index in [1.54, 1.807) is 20.8 Å². The number of carboxylic acids is 1. The fraction of sp³-hybridized carbons (Fsp3) is 0.333. The molecule has 2 atom stereocenters. The molecule has 3 N–H and O–H groups in total. The number of pyridine rings is 1. The number of hydrogen-bond acceptors (Lipinski definition) is 4. The second-order valence-corrected chi connectivity index (χ2v) is 10.4. The third-order valence-electron chi connectivity index (χ3n) is 6.72. The quantitative estimate of drug-likeness (QED) is 0.330. The summed E-state index contributed by atoms with van der Waals surface area (Å²) in [6.07, 6.45) is 0.750. The lowest BCUT2D eigenvalue weighted by Crippen LogP contribution is -2.49. The van der Waals surface area contributed by atoms with Crippen LogP contribution < -0.4 is 16.2 Å². The standard InChI is InChI=1S/C30H32F3N3O5/c1-15(2)11-24(35-28(39)19-7-6-10-36(5)30(19)41)29(40)34-23(14-25(37)38)20-12-18(13-22(32)27(20)33)26-16(3)8-9-21(31)17(26)4/h6-10,12-13,15,23-24H,11,14H2,1-5H3,(H,34,40)(H,35,39)(H,37,38)/t23-,24-/m0/s1. The zero-order chi connectivity index (χ0) is 30.6. The predicted molar refractivity (Wildman–Crippen MR) is 147 cm³/mol. The molecule has 3 aromatic rings. The van der Waals surface area contributed by atoms with Gasteiger partial charge in [0.1, 0.15) is 17.4 Å². The zero-order valence-corrected chi connectivity index (χ0v) is 23.3. The summed E-state index contributed by atoms with van der Waals surface area (Å²) in [6.45, 7) is 6.71. The van der Waals surface area contributed by atoms with E-state index in [2.05, 4.69) is 10.6 Å². The number of aliphatic carboxylic acids is 1. The molecule has 2 aromatic carbocycles. The molecular weight excluding hydrogens is 539 g/mol. The van der Waals surface area contributed by atoms with Crippen molar-refractivity contribution in [2.75, 3.05) is 0 Å². The molecule has 0 fully saturated rings. The molecule has 0 aliphatic heterocycles. The monoisotopic (exact) mass is 571 g/mol. The number of carbonyl (C=O) groups is 3. The third kappa shape index (κ3) is 7.22. The normalized spacial score (nSPS) is 12.6. The average molecular weight is 572 g/mol. The van der Waals surface area contributed by atoms with Crippen LogP contribution in [0.1, 0.15) is 59.8 Å². The largest absolute Gasteiger partial charge is 0.481 e. The Morgan fingerprint density at radius 2 is 1.68 bits per heavy atom. The zero-order valence-electron chi connectivity index (χ0n) is 23.3. The summed E-state index contributed by atoms with van der Waals surface area (Å²) in [5.74, 6) is -6.45. The minimum atomic E-state index is -1.54. The number of rotatable bonds is 10. The van der Waals surface area contributed by atoms with E-state index in [-0.39, 0.29) is 29.0 Å². The van der Waals surface area contributed by atoms with E-state index >= 15 is 4.39 Å². The third-order valence-corrected chi connectivity index (χ3v) is 6.72. The number of carbonyl (C=O) groups excluding carboxylic acids is 2. The van der Waals surface area contributed by atoms with Crippen LogP contribution in [0, 0.1) is 37.2 Å². The summed E-state index contributed by atoms with van der Waals surface area (Å²) < 4.78 is 45.6. The molecule has 11 heteroatoms. The molecule has 41 heavy (non-hydrogen) atoms. The van der Waals surface area contributed by atoms with Crippen LogP contribution >= 0.6 is 0 Å². The molecule has 0 bridgehead atoms. The summed E-state index contributed by atoms with van der Waals surface area (Å²) in [4.78, 5) is 50.4. The van der Waals surface area contributed by atoms with Crippen LogP contribution in [0.2, 0.25) is 0 Å². The molecule has 8 nitrogen and oxygen atoms in total. The van der Waals surface area contributed by atoms with E-state index in [4.69, 9.17) is 0 Å². The molecule has 1 aromatic heterocycles. The highest BCUT2D eigenvalue weighted by Crippen LogP contribution is 2.34. The van der Waals surface area contributed by atoms with Crippen molar-refractivity contribution in [3.05, 3.63) is 92.7 Å². The Morgan fingerprint density at radius 3 is 2.32 bits per heavy atom. The molecule has 0 saturated carbocycles. The summed E-state index contributed by atoms with van der Waals surface area (Å²) in [6, 6.07) is 4.82. The van der Waals surface area contributed by atoms with Crippen molar-refractivity contribution in [2.45, 2.75) is 52.6 Å². The van der Waals surface area contributed by atoms with Crippen molar-refractivity contribution >= 4 is 17.8 Å². The molecule has 218 valence electrons. The van der Waals surface area contributed by atoms with Gasteiger partial charge in [-0.25, -0.2) is 13.2 Å². The van der Waals surface area contributed by atoms with Crippen molar-refractivity contribution in [3.8, 4) is 11.1 Å². The van der Waals surface area contributed by atoms with Crippen molar-refractivity contribution in [1.29, 1.82) is 0 Å². The fourth-order valence-electron chi connectivity index (χ4n) is 4.67. The Morgan fingerprint density at radius 1 is 1.00 bits per heavy atom. The van der Waals surface area contributed by atoms with E-state index in [1.165, 1.54) is 55.1 Å². The maximum absolute atomic E-state index is 15.2. The van der Waals surface area contributed by atoms with Crippen molar-refractivity contribution in [3.63, 3.8) is 0 Å². The number of benzene rings is 2. The van der Waals surface area contributed by atoms with Gasteiger partial charge < -0.3 is 20.3 Å². The second kappa shape index (κ2) is 12.8. The number of aryl methyl sites for hydroxylation is 2. The number of nitrogens with one attached hydrogen (secondary N) is 2. The maximum atomic E-state index is 15.2. The van der Waals surface area contributed by atoms with Gasteiger partial charge in [-0.05, 0) is 78.8 Å². The fourth-order valence-corrected chi connectivity index (χ4v) is 4.67. The first-order chi connectivity index (χ1) is 19.2. The number of nitrogens with zero attached hydrogens (tertiary/aromatic N) is 1. The lowest BCUT2D eigenvalue weighted by atomic mass is 9.91. The van der Waals surface area contributed by atoms with Crippen LogP contribution in [-0.2, 0) is 16.6 Å². The summed E-state index contributed by atoms with van der Waals surface area (Å²) in [5.41, 5.74) is -0.0793. The lowest BCUT2D eigenvalue weighted by molar-refractivity contribution is -0.137. The predicted octanol–water partition coefficient (Wildman–Crippen LogP) is 4.56. The molecule has 0 aliphatic rings. The Kier molecular flexibility index (Phi) is 9.75. The average Bonchev–Trinajstić information content (AvgIpc) is 2.88. The molecule has 1 heterocycles. The maximum Gasteiger partial charge on any atom is 0.305 e.